The molecule has 0 fully saturated rings. The minimum atomic E-state index is 0.536. The van der Waals surface area contributed by atoms with E-state index in [2.05, 4.69) is 56.3 Å². The van der Waals surface area contributed by atoms with Gasteiger partial charge in [0.05, 0.1) is 0 Å². The van der Waals surface area contributed by atoms with Crippen molar-refractivity contribution in [3.8, 4) is 18.1 Å². The summed E-state index contributed by atoms with van der Waals surface area (Å²) < 4.78 is 5.86. The average Bonchev–Trinajstić information content (AvgIpc) is 2.69. The predicted octanol–water partition coefficient (Wildman–Crippen LogP) is 5.46. The number of ether oxygens (including phenoxy) is 1. The third-order valence-corrected chi connectivity index (χ3v) is 4.92. The molecule has 3 rings (SSSR count). The van der Waals surface area contributed by atoms with Crippen LogP contribution in [0.1, 0.15) is 38.9 Å². The molecule has 2 heteroatoms. The monoisotopic (exact) mass is 369 g/mol. The first-order chi connectivity index (χ1) is 13.5. The van der Waals surface area contributed by atoms with E-state index in [1.165, 1.54) is 27.8 Å². The summed E-state index contributed by atoms with van der Waals surface area (Å²) in [5, 5.41) is 3.55. The Bertz CT molecular complexity index is 940. The van der Waals surface area contributed by atoms with Crippen molar-refractivity contribution in [1.82, 2.24) is 5.32 Å². The van der Waals surface area contributed by atoms with Gasteiger partial charge >= 0.3 is 0 Å². The van der Waals surface area contributed by atoms with Crippen LogP contribution < -0.4 is 10.1 Å². The highest BCUT2D eigenvalue weighted by molar-refractivity contribution is 5.37. The first kappa shape index (κ1) is 19.7. The molecular formula is C26H27NO. The van der Waals surface area contributed by atoms with Gasteiger partial charge in [0.2, 0.25) is 0 Å². The van der Waals surface area contributed by atoms with E-state index >= 15 is 0 Å². The molecule has 2 nitrogen and oxygen atoms in total. The number of aryl methyl sites for hydroxylation is 3. The number of terminal acetylenes is 1. The van der Waals surface area contributed by atoms with Crippen LogP contribution >= 0.6 is 0 Å². The SMILES string of the molecule is C#Cc1ccc(COc2ccc(CNCc3c(C)cc(C)cc3C)cc2)cc1. The lowest BCUT2D eigenvalue weighted by Crippen LogP contribution is -2.14. The maximum atomic E-state index is 5.86. The molecule has 0 unspecified atom stereocenters. The standard InChI is InChI=1S/C26H27NO/c1-5-22-6-8-24(9-7-22)18-28-25-12-10-23(11-13-25)16-27-17-26-20(3)14-19(2)15-21(26)4/h1,6-15,27H,16-18H2,2-4H3. The molecule has 0 saturated carbocycles. The van der Waals surface area contributed by atoms with E-state index in [1.54, 1.807) is 0 Å². The van der Waals surface area contributed by atoms with E-state index < -0.39 is 0 Å². The first-order valence-electron chi connectivity index (χ1n) is 9.60. The lowest BCUT2D eigenvalue weighted by molar-refractivity contribution is 0.306. The smallest absolute Gasteiger partial charge is 0.119 e. The van der Waals surface area contributed by atoms with Gasteiger partial charge in [-0.3, -0.25) is 0 Å². The van der Waals surface area contributed by atoms with Crippen LogP contribution in [0.25, 0.3) is 0 Å². The van der Waals surface area contributed by atoms with Crippen molar-refractivity contribution in [2.75, 3.05) is 0 Å². The van der Waals surface area contributed by atoms with E-state index in [9.17, 15) is 0 Å². The summed E-state index contributed by atoms with van der Waals surface area (Å²) in [5.74, 6) is 3.49. The molecule has 0 aromatic heterocycles. The van der Waals surface area contributed by atoms with Gasteiger partial charge in [-0.1, -0.05) is 47.9 Å². The number of benzene rings is 3. The van der Waals surface area contributed by atoms with Crippen molar-refractivity contribution in [2.24, 2.45) is 0 Å². The van der Waals surface area contributed by atoms with Gasteiger partial charge in [0.15, 0.2) is 0 Å². The van der Waals surface area contributed by atoms with Crippen molar-refractivity contribution in [3.05, 3.63) is 99.6 Å². The largest absolute Gasteiger partial charge is 0.489 e. The molecule has 0 aliphatic carbocycles. The molecule has 0 aliphatic heterocycles. The topological polar surface area (TPSA) is 21.3 Å². The molecule has 0 aliphatic rings. The van der Waals surface area contributed by atoms with Gasteiger partial charge in [-0.15, -0.1) is 6.42 Å². The Kier molecular flexibility index (Phi) is 6.53. The van der Waals surface area contributed by atoms with E-state index in [0.29, 0.717) is 6.61 Å². The molecule has 3 aromatic carbocycles. The van der Waals surface area contributed by atoms with Crippen LogP contribution in [0.4, 0.5) is 0 Å². The zero-order chi connectivity index (χ0) is 19.9. The highest BCUT2D eigenvalue weighted by Crippen LogP contribution is 2.17. The van der Waals surface area contributed by atoms with Crippen LogP contribution in [0.2, 0.25) is 0 Å². The summed E-state index contributed by atoms with van der Waals surface area (Å²) in [6, 6.07) is 20.6. The van der Waals surface area contributed by atoms with Crippen molar-refractivity contribution in [3.63, 3.8) is 0 Å². The van der Waals surface area contributed by atoms with Crippen molar-refractivity contribution in [2.45, 2.75) is 40.5 Å². The zero-order valence-electron chi connectivity index (χ0n) is 16.9. The molecule has 0 bridgehead atoms. The molecule has 3 aromatic rings. The van der Waals surface area contributed by atoms with Crippen molar-refractivity contribution in [1.29, 1.82) is 0 Å². The van der Waals surface area contributed by atoms with Gasteiger partial charge in [-0.25, -0.2) is 0 Å². The highest BCUT2D eigenvalue weighted by Gasteiger charge is 2.04. The van der Waals surface area contributed by atoms with Crippen LogP contribution in [0.3, 0.4) is 0 Å². The Hall–Kier alpha value is -3.02. The first-order valence-corrected chi connectivity index (χ1v) is 9.60. The molecule has 0 saturated heterocycles. The number of nitrogens with one attached hydrogen (secondary N) is 1. The fourth-order valence-corrected chi connectivity index (χ4v) is 3.39. The second kappa shape index (κ2) is 9.26. The maximum Gasteiger partial charge on any atom is 0.119 e. The van der Waals surface area contributed by atoms with Gasteiger partial charge in [-0.2, -0.15) is 0 Å². The second-order valence-corrected chi connectivity index (χ2v) is 7.25. The minimum absolute atomic E-state index is 0.536. The van der Waals surface area contributed by atoms with Crippen LogP contribution in [-0.4, -0.2) is 0 Å². The Balaban J connectivity index is 1.50. The Morgan fingerprint density at radius 3 is 2.04 bits per heavy atom. The lowest BCUT2D eigenvalue weighted by Gasteiger charge is -2.13. The third-order valence-electron chi connectivity index (χ3n) is 4.92. The fourth-order valence-electron chi connectivity index (χ4n) is 3.39. The summed E-state index contributed by atoms with van der Waals surface area (Å²) in [6.07, 6.45) is 5.38. The van der Waals surface area contributed by atoms with Crippen molar-refractivity contribution >= 4 is 0 Å². The van der Waals surface area contributed by atoms with Crippen molar-refractivity contribution < 1.29 is 4.74 Å². The number of hydrogen-bond acceptors (Lipinski definition) is 2. The van der Waals surface area contributed by atoms with E-state index in [4.69, 9.17) is 11.2 Å². The fraction of sp³-hybridized carbons (Fsp3) is 0.231. The number of hydrogen-bond donors (Lipinski definition) is 1. The Labute approximate surface area is 168 Å². The molecule has 0 spiro atoms. The molecule has 1 N–H and O–H groups in total. The van der Waals surface area contributed by atoms with Crippen LogP contribution in [0.5, 0.6) is 5.75 Å². The van der Waals surface area contributed by atoms with E-state index in [1.807, 2.05) is 36.4 Å². The van der Waals surface area contributed by atoms with Crippen LogP contribution in [0, 0.1) is 33.1 Å². The van der Waals surface area contributed by atoms with Gasteiger partial charge < -0.3 is 10.1 Å². The highest BCUT2D eigenvalue weighted by atomic mass is 16.5. The van der Waals surface area contributed by atoms with Gasteiger partial charge in [0.1, 0.15) is 12.4 Å². The van der Waals surface area contributed by atoms with Gasteiger partial charge in [0, 0.05) is 18.7 Å². The molecular weight excluding hydrogens is 342 g/mol. The molecule has 28 heavy (non-hydrogen) atoms. The van der Waals surface area contributed by atoms with Crippen LogP contribution in [-0.2, 0) is 19.7 Å². The Morgan fingerprint density at radius 2 is 1.43 bits per heavy atom. The third kappa shape index (κ3) is 5.25. The summed E-state index contributed by atoms with van der Waals surface area (Å²) in [5.41, 5.74) is 8.65. The van der Waals surface area contributed by atoms with Gasteiger partial charge in [-0.05, 0) is 72.9 Å². The van der Waals surface area contributed by atoms with Gasteiger partial charge in [0.25, 0.3) is 0 Å². The summed E-state index contributed by atoms with van der Waals surface area (Å²) >= 11 is 0. The molecule has 0 atom stereocenters. The molecule has 142 valence electrons. The number of rotatable bonds is 7. The molecule has 0 amide bonds. The molecule has 0 radical (unpaired) electrons. The average molecular weight is 370 g/mol. The predicted molar refractivity (Wildman–Crippen MR) is 116 cm³/mol. The second-order valence-electron chi connectivity index (χ2n) is 7.25. The Morgan fingerprint density at radius 1 is 0.821 bits per heavy atom. The molecule has 0 heterocycles. The van der Waals surface area contributed by atoms with Crippen LogP contribution in [0.15, 0.2) is 60.7 Å². The summed E-state index contributed by atoms with van der Waals surface area (Å²) in [4.78, 5) is 0. The normalized spacial score (nSPS) is 10.5. The summed E-state index contributed by atoms with van der Waals surface area (Å²) in [6.45, 7) is 8.76. The minimum Gasteiger partial charge on any atom is -0.489 e. The zero-order valence-corrected chi connectivity index (χ0v) is 16.9. The quantitative estimate of drug-likeness (QED) is 0.558. The van der Waals surface area contributed by atoms with E-state index in [0.717, 1.165) is 30.0 Å². The summed E-state index contributed by atoms with van der Waals surface area (Å²) in [7, 11) is 0. The lowest BCUT2D eigenvalue weighted by atomic mass is 10.00. The maximum absolute atomic E-state index is 5.86. The van der Waals surface area contributed by atoms with E-state index in [-0.39, 0.29) is 0 Å².